The molecule has 0 N–H and O–H groups in total. The molecule has 2 aromatic carbocycles. The number of hydrogen-bond donors (Lipinski definition) is 0. The van der Waals surface area contributed by atoms with Gasteiger partial charge in [-0.25, -0.2) is 8.42 Å². The fraction of sp³-hybridized carbons (Fsp3) is 0.0500. The van der Waals surface area contributed by atoms with Gasteiger partial charge in [-0.3, -0.25) is 4.79 Å². The zero-order valence-corrected chi connectivity index (χ0v) is 16.2. The number of halogens is 1. The maximum absolute atomic E-state index is 13.1. The molecule has 0 spiro atoms. The SMILES string of the molecule is Cc1ccc(S(=O)(=O)/C(=C/c2cccs2)C(=O)c2ccc(Cl)cc2)cc1. The van der Waals surface area contributed by atoms with E-state index in [2.05, 4.69) is 0 Å². The van der Waals surface area contributed by atoms with Crippen LogP contribution in [0, 0.1) is 6.92 Å². The molecule has 0 aliphatic rings. The lowest BCUT2D eigenvalue weighted by Gasteiger charge is -2.09. The number of rotatable bonds is 5. The topological polar surface area (TPSA) is 51.2 Å². The van der Waals surface area contributed by atoms with Crippen LogP contribution in [0.1, 0.15) is 20.8 Å². The molecule has 0 aliphatic heterocycles. The van der Waals surface area contributed by atoms with Crippen LogP contribution in [-0.2, 0) is 9.84 Å². The van der Waals surface area contributed by atoms with Crippen molar-refractivity contribution in [3.8, 4) is 0 Å². The molecule has 0 bridgehead atoms. The van der Waals surface area contributed by atoms with E-state index in [-0.39, 0.29) is 15.4 Å². The first-order valence-electron chi connectivity index (χ1n) is 7.75. The predicted molar refractivity (Wildman–Crippen MR) is 106 cm³/mol. The average molecular weight is 403 g/mol. The van der Waals surface area contributed by atoms with Gasteiger partial charge in [0.1, 0.15) is 4.91 Å². The second kappa shape index (κ2) is 7.58. The lowest BCUT2D eigenvalue weighted by Crippen LogP contribution is -2.14. The maximum Gasteiger partial charge on any atom is 0.210 e. The van der Waals surface area contributed by atoms with Crippen molar-refractivity contribution in [3.05, 3.63) is 92.0 Å². The molecule has 0 unspecified atom stereocenters. The van der Waals surface area contributed by atoms with E-state index in [1.165, 1.54) is 41.7 Å². The van der Waals surface area contributed by atoms with Crippen molar-refractivity contribution >= 4 is 44.6 Å². The first kappa shape index (κ1) is 18.6. The number of allylic oxidation sites excluding steroid dienone is 1. The van der Waals surface area contributed by atoms with E-state index in [9.17, 15) is 13.2 Å². The Labute approximate surface area is 161 Å². The summed E-state index contributed by atoms with van der Waals surface area (Å²) in [7, 11) is -3.97. The van der Waals surface area contributed by atoms with Crippen LogP contribution in [0.5, 0.6) is 0 Å². The molecule has 132 valence electrons. The molecule has 3 nitrogen and oxygen atoms in total. The summed E-state index contributed by atoms with van der Waals surface area (Å²) in [5.74, 6) is -0.560. The summed E-state index contributed by atoms with van der Waals surface area (Å²) in [6, 6.07) is 16.2. The minimum atomic E-state index is -3.97. The van der Waals surface area contributed by atoms with Crippen LogP contribution in [0.25, 0.3) is 6.08 Å². The Kier molecular flexibility index (Phi) is 5.41. The largest absolute Gasteiger partial charge is 0.288 e. The standard InChI is InChI=1S/C20H15ClO3S2/c1-14-4-10-18(11-5-14)26(23,24)19(13-17-3-2-12-25-17)20(22)15-6-8-16(21)9-7-15/h2-13H,1H3/b19-13+. The van der Waals surface area contributed by atoms with Crippen molar-refractivity contribution < 1.29 is 13.2 Å². The zero-order valence-electron chi connectivity index (χ0n) is 13.8. The molecule has 26 heavy (non-hydrogen) atoms. The molecule has 6 heteroatoms. The van der Waals surface area contributed by atoms with Crippen molar-refractivity contribution in [1.82, 2.24) is 0 Å². The quantitative estimate of drug-likeness (QED) is 0.423. The van der Waals surface area contributed by atoms with Crippen molar-refractivity contribution in [2.45, 2.75) is 11.8 Å². The lowest BCUT2D eigenvalue weighted by molar-refractivity contribution is 0.104. The Bertz CT molecular complexity index is 1050. The van der Waals surface area contributed by atoms with E-state index in [0.29, 0.717) is 9.90 Å². The van der Waals surface area contributed by atoms with Crippen molar-refractivity contribution in [1.29, 1.82) is 0 Å². The van der Waals surface area contributed by atoms with Gasteiger partial charge in [0.05, 0.1) is 4.90 Å². The number of carbonyl (C=O) groups is 1. The number of sulfone groups is 1. The molecular formula is C20H15ClO3S2. The highest BCUT2D eigenvalue weighted by Crippen LogP contribution is 2.27. The van der Waals surface area contributed by atoms with Gasteiger partial charge in [0.2, 0.25) is 15.6 Å². The number of carbonyl (C=O) groups excluding carboxylic acids is 1. The molecule has 0 radical (unpaired) electrons. The molecule has 0 atom stereocenters. The molecule has 0 saturated carbocycles. The van der Waals surface area contributed by atoms with Gasteiger partial charge >= 0.3 is 0 Å². The zero-order chi connectivity index (χ0) is 18.7. The Balaban J connectivity index is 2.13. The molecule has 0 saturated heterocycles. The maximum atomic E-state index is 13.1. The van der Waals surface area contributed by atoms with Crippen LogP contribution in [0.15, 0.2) is 75.8 Å². The van der Waals surface area contributed by atoms with E-state index in [0.717, 1.165) is 5.56 Å². The summed E-state index contributed by atoms with van der Waals surface area (Å²) in [4.78, 5) is 13.5. The smallest absolute Gasteiger partial charge is 0.210 e. The Morgan fingerprint density at radius 1 is 1.00 bits per heavy atom. The number of Topliss-reactive ketones (excluding diaryl/α,β-unsaturated/α-hetero) is 1. The van der Waals surface area contributed by atoms with Crippen LogP contribution < -0.4 is 0 Å². The van der Waals surface area contributed by atoms with Gasteiger partial charge in [0.15, 0.2) is 0 Å². The van der Waals surface area contributed by atoms with Gasteiger partial charge in [-0.2, -0.15) is 0 Å². The van der Waals surface area contributed by atoms with Crippen LogP contribution in [-0.4, -0.2) is 14.2 Å². The fourth-order valence-corrected chi connectivity index (χ4v) is 4.61. The molecule has 1 aromatic heterocycles. The van der Waals surface area contributed by atoms with E-state index in [4.69, 9.17) is 11.6 Å². The molecule has 0 fully saturated rings. The number of benzene rings is 2. The molecule has 3 aromatic rings. The third-order valence-corrected chi connectivity index (χ3v) is 6.61. The highest BCUT2D eigenvalue weighted by Gasteiger charge is 2.28. The van der Waals surface area contributed by atoms with Gasteiger partial charge in [-0.1, -0.05) is 35.4 Å². The van der Waals surface area contributed by atoms with Gasteiger partial charge in [0.25, 0.3) is 0 Å². The minimum Gasteiger partial charge on any atom is -0.288 e. The normalized spacial score (nSPS) is 12.2. The van der Waals surface area contributed by atoms with E-state index in [1.807, 2.05) is 12.3 Å². The van der Waals surface area contributed by atoms with Crippen molar-refractivity contribution in [3.63, 3.8) is 0 Å². The monoisotopic (exact) mass is 402 g/mol. The number of hydrogen-bond acceptors (Lipinski definition) is 4. The predicted octanol–water partition coefficient (Wildman–Crippen LogP) is 5.41. The van der Waals surface area contributed by atoms with Gasteiger partial charge in [0, 0.05) is 15.5 Å². The summed E-state index contributed by atoms with van der Waals surface area (Å²) in [6.07, 6.45) is 1.43. The summed E-state index contributed by atoms with van der Waals surface area (Å²) in [6.45, 7) is 1.87. The van der Waals surface area contributed by atoms with Crippen LogP contribution in [0.2, 0.25) is 5.02 Å². The molecule has 3 rings (SSSR count). The Morgan fingerprint density at radius 2 is 1.65 bits per heavy atom. The summed E-state index contributed by atoms with van der Waals surface area (Å²) in [5, 5.41) is 2.31. The molecule has 0 aliphatic carbocycles. The van der Waals surface area contributed by atoms with Crippen LogP contribution in [0.4, 0.5) is 0 Å². The summed E-state index contributed by atoms with van der Waals surface area (Å²) >= 11 is 7.24. The van der Waals surface area contributed by atoms with Gasteiger partial charge in [-0.15, -0.1) is 11.3 Å². The Morgan fingerprint density at radius 3 is 2.23 bits per heavy atom. The summed E-state index contributed by atoms with van der Waals surface area (Å²) < 4.78 is 26.3. The lowest BCUT2D eigenvalue weighted by atomic mass is 10.1. The first-order chi connectivity index (χ1) is 12.4. The highest BCUT2D eigenvalue weighted by atomic mass is 35.5. The highest BCUT2D eigenvalue weighted by molar-refractivity contribution is 7.96. The van der Waals surface area contributed by atoms with Gasteiger partial charge < -0.3 is 0 Å². The second-order valence-electron chi connectivity index (χ2n) is 5.68. The van der Waals surface area contributed by atoms with Crippen LogP contribution in [0.3, 0.4) is 0 Å². The van der Waals surface area contributed by atoms with E-state index < -0.39 is 15.6 Å². The minimum absolute atomic E-state index is 0.0909. The molecular weight excluding hydrogens is 388 g/mol. The number of aryl methyl sites for hydroxylation is 1. The van der Waals surface area contributed by atoms with Gasteiger partial charge in [-0.05, 0) is 60.8 Å². The Hall–Kier alpha value is -2.21. The van der Waals surface area contributed by atoms with E-state index in [1.54, 1.807) is 36.4 Å². The average Bonchev–Trinajstić information content (AvgIpc) is 3.13. The van der Waals surface area contributed by atoms with Crippen LogP contribution >= 0.6 is 22.9 Å². The first-order valence-corrected chi connectivity index (χ1v) is 10.5. The number of ketones is 1. The summed E-state index contributed by atoms with van der Waals surface area (Å²) in [5.41, 5.74) is 1.21. The number of thiophene rings is 1. The van der Waals surface area contributed by atoms with Crippen molar-refractivity contribution in [2.24, 2.45) is 0 Å². The second-order valence-corrected chi connectivity index (χ2v) is 9.01. The third kappa shape index (κ3) is 3.96. The van der Waals surface area contributed by atoms with E-state index >= 15 is 0 Å². The third-order valence-electron chi connectivity index (χ3n) is 3.77. The molecule has 0 amide bonds. The van der Waals surface area contributed by atoms with Crippen molar-refractivity contribution in [2.75, 3.05) is 0 Å². The fourth-order valence-electron chi connectivity index (χ4n) is 2.36. The molecule has 1 heterocycles.